The number of benzene rings is 1. The van der Waals surface area contributed by atoms with Crippen molar-refractivity contribution in [3.8, 4) is 5.75 Å². The average Bonchev–Trinajstić information content (AvgIpc) is 2.13. The van der Waals surface area contributed by atoms with Crippen molar-refractivity contribution in [3.63, 3.8) is 0 Å². The van der Waals surface area contributed by atoms with Crippen molar-refractivity contribution in [1.29, 1.82) is 0 Å². The fourth-order valence-electron chi connectivity index (χ4n) is 1.18. The fourth-order valence-corrected chi connectivity index (χ4v) is 1.18. The highest BCUT2D eigenvalue weighted by molar-refractivity contribution is 5.95. The molecule has 1 amide bonds. The zero-order valence-corrected chi connectivity index (χ0v) is 9.16. The van der Waals surface area contributed by atoms with Crippen LogP contribution in [0, 0.1) is 13.8 Å². The molecule has 1 unspecified atom stereocenters. The molecule has 1 atom stereocenters. The van der Waals surface area contributed by atoms with Crippen LogP contribution in [0.15, 0.2) is 12.1 Å². The van der Waals surface area contributed by atoms with Crippen LogP contribution in [-0.4, -0.2) is 17.1 Å². The Labute approximate surface area is 89.1 Å². The second-order valence-corrected chi connectivity index (χ2v) is 3.73. The smallest absolute Gasteiger partial charge is 0.241 e. The molecule has 0 fully saturated rings. The van der Waals surface area contributed by atoms with E-state index in [4.69, 9.17) is 5.73 Å². The van der Waals surface area contributed by atoms with Crippen LogP contribution in [0.2, 0.25) is 0 Å². The molecule has 4 nitrogen and oxygen atoms in total. The minimum absolute atomic E-state index is 0.228. The Morgan fingerprint density at radius 3 is 2.53 bits per heavy atom. The molecule has 0 aliphatic heterocycles. The Hall–Kier alpha value is -1.55. The molecule has 82 valence electrons. The van der Waals surface area contributed by atoms with Crippen molar-refractivity contribution in [1.82, 2.24) is 0 Å². The molecule has 15 heavy (non-hydrogen) atoms. The van der Waals surface area contributed by atoms with E-state index in [1.165, 1.54) is 0 Å². The Morgan fingerprint density at radius 1 is 1.40 bits per heavy atom. The van der Waals surface area contributed by atoms with E-state index < -0.39 is 6.04 Å². The van der Waals surface area contributed by atoms with Crippen molar-refractivity contribution in [3.05, 3.63) is 23.3 Å². The highest BCUT2D eigenvalue weighted by Gasteiger charge is 2.10. The zero-order chi connectivity index (χ0) is 11.6. The second kappa shape index (κ2) is 4.31. The van der Waals surface area contributed by atoms with Crippen molar-refractivity contribution >= 4 is 11.6 Å². The zero-order valence-electron chi connectivity index (χ0n) is 9.16. The number of anilines is 1. The van der Waals surface area contributed by atoms with Gasteiger partial charge >= 0.3 is 0 Å². The summed E-state index contributed by atoms with van der Waals surface area (Å²) >= 11 is 0. The number of aryl methyl sites for hydroxylation is 2. The maximum Gasteiger partial charge on any atom is 0.241 e. The summed E-state index contributed by atoms with van der Waals surface area (Å²) in [5.41, 5.74) is 7.66. The van der Waals surface area contributed by atoms with Gasteiger partial charge in [-0.15, -0.1) is 0 Å². The van der Waals surface area contributed by atoms with Gasteiger partial charge in [0.1, 0.15) is 5.75 Å². The van der Waals surface area contributed by atoms with E-state index >= 15 is 0 Å². The molecule has 1 aromatic rings. The Kier molecular flexibility index (Phi) is 3.31. The van der Waals surface area contributed by atoms with Gasteiger partial charge in [0, 0.05) is 5.69 Å². The summed E-state index contributed by atoms with van der Waals surface area (Å²) in [6.07, 6.45) is 0. The van der Waals surface area contributed by atoms with Gasteiger partial charge in [-0.05, 0) is 44.0 Å². The lowest BCUT2D eigenvalue weighted by molar-refractivity contribution is -0.117. The van der Waals surface area contributed by atoms with Gasteiger partial charge in [-0.1, -0.05) is 0 Å². The van der Waals surface area contributed by atoms with Crippen LogP contribution in [0.5, 0.6) is 5.75 Å². The van der Waals surface area contributed by atoms with Crippen molar-refractivity contribution in [2.24, 2.45) is 5.73 Å². The summed E-state index contributed by atoms with van der Waals surface area (Å²) in [7, 11) is 0. The van der Waals surface area contributed by atoms with Crippen LogP contribution in [-0.2, 0) is 4.79 Å². The van der Waals surface area contributed by atoms with E-state index in [1.807, 2.05) is 6.92 Å². The first-order valence-corrected chi connectivity index (χ1v) is 4.78. The SMILES string of the molecule is Cc1cc(NC(=O)C(C)N)c(C)cc1O. The highest BCUT2D eigenvalue weighted by atomic mass is 16.3. The summed E-state index contributed by atoms with van der Waals surface area (Å²) in [6.45, 7) is 5.21. The summed E-state index contributed by atoms with van der Waals surface area (Å²) < 4.78 is 0. The van der Waals surface area contributed by atoms with Gasteiger partial charge < -0.3 is 16.2 Å². The molecule has 0 aliphatic rings. The molecule has 0 bridgehead atoms. The normalized spacial score (nSPS) is 12.3. The fraction of sp³-hybridized carbons (Fsp3) is 0.364. The molecule has 0 aromatic heterocycles. The molecule has 0 saturated carbocycles. The molecule has 0 heterocycles. The van der Waals surface area contributed by atoms with Gasteiger partial charge in [-0.3, -0.25) is 4.79 Å². The third kappa shape index (κ3) is 2.70. The van der Waals surface area contributed by atoms with Crippen LogP contribution in [0.25, 0.3) is 0 Å². The molecule has 0 saturated heterocycles. The van der Waals surface area contributed by atoms with E-state index in [1.54, 1.807) is 26.0 Å². The van der Waals surface area contributed by atoms with E-state index in [0.717, 1.165) is 11.1 Å². The second-order valence-electron chi connectivity index (χ2n) is 3.73. The minimum Gasteiger partial charge on any atom is -0.508 e. The van der Waals surface area contributed by atoms with Gasteiger partial charge in [0.25, 0.3) is 0 Å². The number of phenols is 1. The first kappa shape index (κ1) is 11.5. The number of amides is 1. The van der Waals surface area contributed by atoms with Crippen LogP contribution in [0.3, 0.4) is 0 Å². The van der Waals surface area contributed by atoms with Gasteiger partial charge in [-0.2, -0.15) is 0 Å². The Morgan fingerprint density at radius 2 is 2.00 bits per heavy atom. The van der Waals surface area contributed by atoms with Crippen LogP contribution in [0.1, 0.15) is 18.1 Å². The monoisotopic (exact) mass is 208 g/mol. The van der Waals surface area contributed by atoms with Crippen LogP contribution < -0.4 is 11.1 Å². The van der Waals surface area contributed by atoms with Gasteiger partial charge in [0.2, 0.25) is 5.91 Å². The Balaban J connectivity index is 2.96. The summed E-state index contributed by atoms with van der Waals surface area (Å²) in [6, 6.07) is 2.80. The first-order chi connectivity index (χ1) is 6.91. The van der Waals surface area contributed by atoms with Crippen LogP contribution >= 0.6 is 0 Å². The number of aromatic hydroxyl groups is 1. The standard InChI is InChI=1S/C11H16N2O2/c1-6-5-10(14)7(2)4-9(6)13-11(15)8(3)12/h4-5,8,14H,12H2,1-3H3,(H,13,15). The third-order valence-electron chi connectivity index (χ3n) is 2.21. The van der Waals surface area contributed by atoms with E-state index in [-0.39, 0.29) is 11.7 Å². The number of hydrogen-bond acceptors (Lipinski definition) is 3. The topological polar surface area (TPSA) is 75.4 Å². The molecule has 1 rings (SSSR count). The molecule has 1 aromatic carbocycles. The lowest BCUT2D eigenvalue weighted by Crippen LogP contribution is -2.32. The number of carbonyl (C=O) groups is 1. The van der Waals surface area contributed by atoms with E-state index in [0.29, 0.717) is 5.69 Å². The number of hydrogen-bond donors (Lipinski definition) is 3. The summed E-state index contributed by atoms with van der Waals surface area (Å²) in [5, 5.41) is 12.1. The minimum atomic E-state index is -0.543. The quantitative estimate of drug-likeness (QED) is 0.641. The van der Waals surface area contributed by atoms with Crippen LogP contribution in [0.4, 0.5) is 5.69 Å². The number of phenolic OH excluding ortho intramolecular Hbond substituents is 1. The van der Waals surface area contributed by atoms with E-state index in [9.17, 15) is 9.90 Å². The molecular formula is C11H16N2O2. The maximum absolute atomic E-state index is 11.4. The van der Waals surface area contributed by atoms with Gasteiger partial charge in [0.15, 0.2) is 0 Å². The number of nitrogens with one attached hydrogen (secondary N) is 1. The molecule has 0 radical (unpaired) electrons. The summed E-state index contributed by atoms with van der Waals surface area (Å²) in [4.78, 5) is 11.4. The van der Waals surface area contributed by atoms with Crippen molar-refractivity contribution in [2.45, 2.75) is 26.8 Å². The summed E-state index contributed by atoms with van der Waals surface area (Å²) in [5.74, 6) is -0.00511. The average molecular weight is 208 g/mol. The third-order valence-corrected chi connectivity index (χ3v) is 2.21. The number of carbonyl (C=O) groups excluding carboxylic acids is 1. The maximum atomic E-state index is 11.4. The molecule has 0 aliphatic carbocycles. The molecule has 4 heteroatoms. The van der Waals surface area contributed by atoms with Gasteiger partial charge in [-0.25, -0.2) is 0 Å². The first-order valence-electron chi connectivity index (χ1n) is 4.78. The lowest BCUT2D eigenvalue weighted by atomic mass is 10.1. The predicted octanol–water partition coefficient (Wildman–Crippen LogP) is 1.29. The Bertz CT molecular complexity index is 386. The number of rotatable bonds is 2. The molecule has 0 spiro atoms. The lowest BCUT2D eigenvalue weighted by Gasteiger charge is -2.12. The van der Waals surface area contributed by atoms with Gasteiger partial charge in [0.05, 0.1) is 6.04 Å². The predicted molar refractivity (Wildman–Crippen MR) is 59.9 cm³/mol. The molecule has 4 N–H and O–H groups in total. The van der Waals surface area contributed by atoms with Crippen molar-refractivity contribution < 1.29 is 9.90 Å². The largest absolute Gasteiger partial charge is 0.508 e. The van der Waals surface area contributed by atoms with E-state index in [2.05, 4.69) is 5.32 Å². The molecular weight excluding hydrogens is 192 g/mol. The van der Waals surface area contributed by atoms with Crippen molar-refractivity contribution in [2.75, 3.05) is 5.32 Å². The number of nitrogens with two attached hydrogens (primary N) is 1. The highest BCUT2D eigenvalue weighted by Crippen LogP contribution is 2.24.